The summed E-state index contributed by atoms with van der Waals surface area (Å²) in [5.41, 5.74) is 0. The van der Waals surface area contributed by atoms with Gasteiger partial charge in [-0.15, -0.1) is 0 Å². The van der Waals surface area contributed by atoms with E-state index in [4.69, 9.17) is 9.47 Å². The van der Waals surface area contributed by atoms with Crippen molar-refractivity contribution >= 4 is 6.29 Å². The molecule has 1 aliphatic heterocycles. The molecular formula is C9H14O3. The summed E-state index contributed by atoms with van der Waals surface area (Å²) in [6, 6.07) is 0. The molecule has 0 amide bonds. The second-order valence-electron chi connectivity index (χ2n) is 4.07. The predicted molar refractivity (Wildman–Crippen MR) is 42.6 cm³/mol. The molecule has 1 heterocycles. The predicted octanol–water partition coefficient (Wildman–Crippen LogP) is 0.973. The summed E-state index contributed by atoms with van der Waals surface area (Å²) >= 11 is 0. The Bertz CT molecular complexity index is 200. The van der Waals surface area contributed by atoms with Crippen LogP contribution in [-0.2, 0) is 14.3 Å². The first kappa shape index (κ1) is 8.20. The summed E-state index contributed by atoms with van der Waals surface area (Å²) in [6.45, 7) is 4.46. The number of carbonyl (C=O) groups is 1. The zero-order valence-corrected chi connectivity index (χ0v) is 7.45. The smallest absolute Gasteiger partial charge is 0.163 e. The number of aldehydes is 1. The highest BCUT2D eigenvalue weighted by atomic mass is 16.7. The molecule has 2 fully saturated rings. The lowest BCUT2D eigenvalue weighted by molar-refractivity contribution is -0.141. The van der Waals surface area contributed by atoms with Crippen molar-refractivity contribution in [3.8, 4) is 0 Å². The van der Waals surface area contributed by atoms with Gasteiger partial charge in [-0.1, -0.05) is 0 Å². The van der Waals surface area contributed by atoms with Gasteiger partial charge in [0.1, 0.15) is 6.29 Å². The average Bonchev–Trinajstić information content (AvgIpc) is 2.70. The zero-order chi connectivity index (χ0) is 8.77. The normalized spacial score (nSPS) is 44.3. The molecule has 68 valence electrons. The van der Waals surface area contributed by atoms with Crippen LogP contribution in [0.1, 0.15) is 20.3 Å². The SMILES string of the molecule is CC1(C)OC[C@@H]([C@H]2C[C@H]2C=O)O1. The molecule has 0 aromatic rings. The first-order chi connectivity index (χ1) is 5.62. The van der Waals surface area contributed by atoms with Gasteiger partial charge >= 0.3 is 0 Å². The van der Waals surface area contributed by atoms with Gasteiger partial charge in [-0.3, -0.25) is 0 Å². The fourth-order valence-corrected chi connectivity index (χ4v) is 1.75. The Balaban J connectivity index is 1.89. The maximum atomic E-state index is 10.4. The van der Waals surface area contributed by atoms with Crippen molar-refractivity contribution in [2.45, 2.75) is 32.2 Å². The van der Waals surface area contributed by atoms with Crippen LogP contribution < -0.4 is 0 Å². The van der Waals surface area contributed by atoms with E-state index in [0.29, 0.717) is 12.5 Å². The molecule has 2 aliphatic rings. The van der Waals surface area contributed by atoms with Crippen molar-refractivity contribution in [2.24, 2.45) is 11.8 Å². The topological polar surface area (TPSA) is 35.5 Å². The Morgan fingerprint density at radius 1 is 1.50 bits per heavy atom. The summed E-state index contributed by atoms with van der Waals surface area (Å²) in [5.74, 6) is 0.206. The number of hydrogen-bond donors (Lipinski definition) is 0. The number of carbonyl (C=O) groups excluding carboxylic acids is 1. The third-order valence-electron chi connectivity index (χ3n) is 2.57. The third-order valence-corrected chi connectivity index (χ3v) is 2.57. The molecule has 12 heavy (non-hydrogen) atoms. The molecule has 2 rings (SSSR count). The van der Waals surface area contributed by atoms with Crippen molar-refractivity contribution in [3.05, 3.63) is 0 Å². The van der Waals surface area contributed by atoms with Gasteiger partial charge in [-0.05, 0) is 26.2 Å². The second kappa shape index (κ2) is 2.54. The maximum Gasteiger partial charge on any atom is 0.163 e. The van der Waals surface area contributed by atoms with E-state index in [1.54, 1.807) is 0 Å². The molecule has 1 saturated heterocycles. The number of ether oxygens (including phenoxy) is 2. The zero-order valence-electron chi connectivity index (χ0n) is 7.45. The van der Waals surface area contributed by atoms with Crippen molar-refractivity contribution < 1.29 is 14.3 Å². The first-order valence-electron chi connectivity index (χ1n) is 4.39. The molecule has 0 unspecified atom stereocenters. The average molecular weight is 170 g/mol. The van der Waals surface area contributed by atoms with Crippen LogP contribution in [-0.4, -0.2) is 24.8 Å². The maximum absolute atomic E-state index is 10.4. The van der Waals surface area contributed by atoms with Gasteiger partial charge in [0.05, 0.1) is 12.7 Å². The van der Waals surface area contributed by atoms with E-state index in [-0.39, 0.29) is 12.0 Å². The van der Waals surface area contributed by atoms with E-state index in [9.17, 15) is 4.79 Å². The Morgan fingerprint density at radius 3 is 2.67 bits per heavy atom. The van der Waals surface area contributed by atoms with Gasteiger partial charge in [-0.25, -0.2) is 0 Å². The van der Waals surface area contributed by atoms with Gasteiger partial charge < -0.3 is 14.3 Å². The Morgan fingerprint density at radius 2 is 2.25 bits per heavy atom. The fourth-order valence-electron chi connectivity index (χ4n) is 1.75. The van der Waals surface area contributed by atoms with Crippen LogP contribution in [0.4, 0.5) is 0 Å². The minimum absolute atomic E-state index is 0.148. The number of hydrogen-bond acceptors (Lipinski definition) is 3. The summed E-state index contributed by atoms with van der Waals surface area (Å²) in [5, 5.41) is 0. The fraction of sp³-hybridized carbons (Fsp3) is 0.889. The molecule has 1 saturated carbocycles. The van der Waals surface area contributed by atoms with Crippen LogP contribution in [0.3, 0.4) is 0 Å². The van der Waals surface area contributed by atoms with Crippen LogP contribution in [0.2, 0.25) is 0 Å². The van der Waals surface area contributed by atoms with E-state index in [1.165, 1.54) is 0 Å². The molecule has 0 aromatic carbocycles. The quantitative estimate of drug-likeness (QED) is 0.579. The molecule has 3 atom stereocenters. The Kier molecular flexibility index (Phi) is 1.73. The Labute approximate surface area is 72.0 Å². The molecule has 0 aromatic heterocycles. The minimum Gasteiger partial charge on any atom is -0.348 e. The highest BCUT2D eigenvalue weighted by Gasteiger charge is 2.48. The van der Waals surface area contributed by atoms with E-state index >= 15 is 0 Å². The molecular weight excluding hydrogens is 156 g/mol. The van der Waals surface area contributed by atoms with Crippen molar-refractivity contribution in [2.75, 3.05) is 6.61 Å². The van der Waals surface area contributed by atoms with Crippen LogP contribution in [0.5, 0.6) is 0 Å². The summed E-state index contributed by atoms with van der Waals surface area (Å²) in [7, 11) is 0. The van der Waals surface area contributed by atoms with E-state index in [1.807, 2.05) is 13.8 Å². The molecule has 1 aliphatic carbocycles. The summed E-state index contributed by atoms with van der Waals surface area (Å²) < 4.78 is 11.0. The van der Waals surface area contributed by atoms with E-state index in [0.717, 1.165) is 12.7 Å². The van der Waals surface area contributed by atoms with Crippen LogP contribution in [0, 0.1) is 11.8 Å². The molecule has 0 N–H and O–H groups in total. The molecule has 0 bridgehead atoms. The van der Waals surface area contributed by atoms with Gasteiger partial charge in [0.25, 0.3) is 0 Å². The van der Waals surface area contributed by atoms with Crippen LogP contribution in [0.15, 0.2) is 0 Å². The standard InChI is InChI=1S/C9H14O3/c1-9(2)11-5-8(12-9)7-3-6(7)4-10/h4,6-8H,3,5H2,1-2H3/t6-,7-,8-/m0/s1. The monoisotopic (exact) mass is 170 g/mol. The lowest BCUT2D eigenvalue weighted by Crippen LogP contribution is -2.22. The van der Waals surface area contributed by atoms with Crippen molar-refractivity contribution in [1.29, 1.82) is 0 Å². The molecule has 0 spiro atoms. The molecule has 3 nitrogen and oxygen atoms in total. The third kappa shape index (κ3) is 1.39. The van der Waals surface area contributed by atoms with Crippen molar-refractivity contribution in [3.63, 3.8) is 0 Å². The summed E-state index contributed by atoms with van der Waals surface area (Å²) in [4.78, 5) is 10.4. The van der Waals surface area contributed by atoms with E-state index in [2.05, 4.69) is 0 Å². The lowest BCUT2D eigenvalue weighted by Gasteiger charge is -2.16. The van der Waals surface area contributed by atoms with Gasteiger partial charge in [0.15, 0.2) is 5.79 Å². The highest BCUT2D eigenvalue weighted by Crippen LogP contribution is 2.44. The highest BCUT2D eigenvalue weighted by molar-refractivity contribution is 5.58. The first-order valence-corrected chi connectivity index (χ1v) is 4.39. The van der Waals surface area contributed by atoms with Gasteiger partial charge in [0, 0.05) is 5.92 Å². The van der Waals surface area contributed by atoms with Gasteiger partial charge in [0.2, 0.25) is 0 Å². The lowest BCUT2D eigenvalue weighted by atomic mass is 10.2. The summed E-state index contributed by atoms with van der Waals surface area (Å²) in [6.07, 6.45) is 2.16. The van der Waals surface area contributed by atoms with Crippen LogP contribution >= 0.6 is 0 Å². The van der Waals surface area contributed by atoms with Crippen molar-refractivity contribution in [1.82, 2.24) is 0 Å². The van der Waals surface area contributed by atoms with Crippen LogP contribution in [0.25, 0.3) is 0 Å². The van der Waals surface area contributed by atoms with E-state index < -0.39 is 5.79 Å². The Hall–Kier alpha value is -0.410. The minimum atomic E-state index is -0.444. The number of rotatable bonds is 2. The molecule has 3 heteroatoms. The largest absolute Gasteiger partial charge is 0.348 e. The molecule has 0 radical (unpaired) electrons. The second-order valence-corrected chi connectivity index (χ2v) is 4.07. The van der Waals surface area contributed by atoms with Gasteiger partial charge in [-0.2, -0.15) is 0 Å².